The Bertz CT molecular complexity index is 379. The van der Waals surface area contributed by atoms with E-state index in [0.29, 0.717) is 0 Å². The van der Waals surface area contributed by atoms with Gasteiger partial charge in [0.1, 0.15) is 6.04 Å². The zero-order chi connectivity index (χ0) is 11.5. The van der Waals surface area contributed by atoms with Crippen LogP contribution in [-0.2, 0) is 0 Å². The minimum Gasteiger partial charge on any atom is -0.306 e. The number of alkyl halides is 3. The normalized spacial score (nSPS) is 13.3. The van der Waals surface area contributed by atoms with Gasteiger partial charge in [-0.25, -0.2) is 0 Å². The number of benzene rings is 1. The highest BCUT2D eigenvalue weighted by molar-refractivity contribution is 5.34. The lowest BCUT2D eigenvalue weighted by Crippen LogP contribution is -2.31. The SMILES string of the molecule is CNC(c1cccc(C#N)c1)C(F)(F)F. The molecule has 0 aliphatic heterocycles. The summed E-state index contributed by atoms with van der Waals surface area (Å²) in [7, 11) is 1.23. The van der Waals surface area contributed by atoms with Crippen LogP contribution >= 0.6 is 0 Å². The first-order valence-corrected chi connectivity index (χ1v) is 4.23. The van der Waals surface area contributed by atoms with Crippen molar-refractivity contribution in [1.29, 1.82) is 5.26 Å². The Labute approximate surface area is 85.3 Å². The third kappa shape index (κ3) is 2.70. The van der Waals surface area contributed by atoms with Crippen molar-refractivity contribution < 1.29 is 13.2 Å². The molecule has 1 atom stereocenters. The molecule has 1 aromatic rings. The highest BCUT2D eigenvalue weighted by Gasteiger charge is 2.39. The van der Waals surface area contributed by atoms with Gasteiger partial charge in [0, 0.05) is 0 Å². The molecule has 5 heteroatoms. The van der Waals surface area contributed by atoms with E-state index >= 15 is 0 Å². The van der Waals surface area contributed by atoms with E-state index in [-0.39, 0.29) is 11.1 Å². The summed E-state index contributed by atoms with van der Waals surface area (Å²) in [5.41, 5.74) is 0.265. The number of hydrogen-bond acceptors (Lipinski definition) is 2. The number of nitrogens with one attached hydrogen (secondary N) is 1. The van der Waals surface area contributed by atoms with Crippen LogP contribution in [0.15, 0.2) is 24.3 Å². The second kappa shape index (κ2) is 4.32. The Balaban J connectivity index is 3.09. The minimum absolute atomic E-state index is 0.0454. The van der Waals surface area contributed by atoms with Crippen LogP contribution in [0.2, 0.25) is 0 Å². The standard InChI is InChI=1S/C10H9F3N2/c1-15-9(10(11,12)13)8-4-2-3-7(5-8)6-14/h2-5,9,15H,1H3. The molecule has 0 aliphatic carbocycles. The summed E-state index contributed by atoms with van der Waals surface area (Å²) in [6, 6.07) is 5.54. The van der Waals surface area contributed by atoms with Crippen LogP contribution in [0.3, 0.4) is 0 Å². The maximum Gasteiger partial charge on any atom is 0.407 e. The molecule has 0 aliphatic rings. The van der Waals surface area contributed by atoms with Crippen LogP contribution in [0.4, 0.5) is 13.2 Å². The van der Waals surface area contributed by atoms with Crippen molar-refractivity contribution in [2.24, 2.45) is 0 Å². The van der Waals surface area contributed by atoms with Gasteiger partial charge in [-0.1, -0.05) is 12.1 Å². The predicted octanol–water partition coefficient (Wildman–Crippen LogP) is 2.38. The first kappa shape index (κ1) is 11.5. The number of rotatable bonds is 2. The van der Waals surface area contributed by atoms with E-state index in [1.807, 2.05) is 0 Å². The molecule has 0 radical (unpaired) electrons. The molecular formula is C10H9F3N2. The number of hydrogen-bond donors (Lipinski definition) is 1. The molecule has 1 unspecified atom stereocenters. The Morgan fingerprint density at radius 1 is 1.40 bits per heavy atom. The van der Waals surface area contributed by atoms with Gasteiger partial charge >= 0.3 is 6.18 Å². The summed E-state index contributed by atoms with van der Waals surface area (Å²) >= 11 is 0. The lowest BCUT2D eigenvalue weighted by atomic mass is 10.0. The van der Waals surface area contributed by atoms with Crippen LogP contribution in [0, 0.1) is 11.3 Å². The molecule has 0 saturated carbocycles. The van der Waals surface area contributed by atoms with Gasteiger partial charge in [0.15, 0.2) is 0 Å². The fourth-order valence-corrected chi connectivity index (χ4v) is 1.31. The average molecular weight is 214 g/mol. The van der Waals surface area contributed by atoms with Crippen LogP contribution in [0.25, 0.3) is 0 Å². The summed E-state index contributed by atoms with van der Waals surface area (Å²) in [6.07, 6.45) is -4.36. The molecule has 0 aromatic heterocycles. The molecule has 0 saturated heterocycles. The van der Waals surface area contributed by atoms with Crippen molar-refractivity contribution in [3.05, 3.63) is 35.4 Å². The zero-order valence-corrected chi connectivity index (χ0v) is 7.97. The first-order valence-electron chi connectivity index (χ1n) is 4.23. The minimum atomic E-state index is -4.36. The van der Waals surface area contributed by atoms with Gasteiger partial charge in [0.2, 0.25) is 0 Å². The number of nitrogens with zero attached hydrogens (tertiary/aromatic N) is 1. The molecule has 1 aromatic carbocycles. The van der Waals surface area contributed by atoms with Crippen molar-refractivity contribution in [2.75, 3.05) is 7.05 Å². The monoisotopic (exact) mass is 214 g/mol. The third-order valence-corrected chi connectivity index (χ3v) is 1.97. The van der Waals surface area contributed by atoms with E-state index in [9.17, 15) is 13.2 Å². The van der Waals surface area contributed by atoms with Gasteiger partial charge < -0.3 is 5.32 Å². The first-order chi connectivity index (χ1) is 6.99. The molecule has 2 nitrogen and oxygen atoms in total. The van der Waals surface area contributed by atoms with Crippen molar-refractivity contribution >= 4 is 0 Å². The quantitative estimate of drug-likeness (QED) is 0.820. The third-order valence-electron chi connectivity index (χ3n) is 1.97. The predicted molar refractivity (Wildman–Crippen MR) is 49.0 cm³/mol. The van der Waals surface area contributed by atoms with E-state index in [2.05, 4.69) is 5.32 Å². The highest BCUT2D eigenvalue weighted by Crippen LogP contribution is 2.32. The molecular weight excluding hydrogens is 205 g/mol. The van der Waals surface area contributed by atoms with Gasteiger partial charge in [-0.15, -0.1) is 0 Å². The fraction of sp³-hybridized carbons (Fsp3) is 0.300. The van der Waals surface area contributed by atoms with Crippen LogP contribution in [0.1, 0.15) is 17.2 Å². The summed E-state index contributed by atoms with van der Waals surface area (Å²) in [4.78, 5) is 0. The van der Waals surface area contributed by atoms with Gasteiger partial charge in [0.25, 0.3) is 0 Å². The summed E-state index contributed by atoms with van der Waals surface area (Å²) in [5.74, 6) is 0. The molecule has 0 fully saturated rings. The van der Waals surface area contributed by atoms with E-state index in [1.165, 1.54) is 31.3 Å². The highest BCUT2D eigenvalue weighted by atomic mass is 19.4. The van der Waals surface area contributed by atoms with Crippen molar-refractivity contribution in [2.45, 2.75) is 12.2 Å². The average Bonchev–Trinajstić information content (AvgIpc) is 2.17. The Morgan fingerprint density at radius 2 is 2.07 bits per heavy atom. The summed E-state index contributed by atoms with van der Waals surface area (Å²) in [6.45, 7) is 0. The van der Waals surface area contributed by atoms with Crippen LogP contribution in [0.5, 0.6) is 0 Å². The Kier molecular flexibility index (Phi) is 3.32. The molecule has 1 N–H and O–H groups in total. The van der Waals surface area contributed by atoms with Gasteiger partial charge in [-0.05, 0) is 24.7 Å². The second-order valence-electron chi connectivity index (χ2n) is 3.00. The van der Waals surface area contributed by atoms with Gasteiger partial charge in [0.05, 0.1) is 11.6 Å². The molecule has 1 rings (SSSR count). The maximum absolute atomic E-state index is 12.5. The smallest absolute Gasteiger partial charge is 0.306 e. The van der Waals surface area contributed by atoms with Crippen molar-refractivity contribution in [1.82, 2.24) is 5.32 Å². The van der Waals surface area contributed by atoms with Crippen molar-refractivity contribution in [3.63, 3.8) is 0 Å². The molecule has 0 amide bonds. The molecule has 80 valence electrons. The Morgan fingerprint density at radius 3 is 2.53 bits per heavy atom. The second-order valence-corrected chi connectivity index (χ2v) is 3.00. The van der Waals surface area contributed by atoms with E-state index in [0.717, 1.165) is 0 Å². The van der Waals surface area contributed by atoms with Crippen LogP contribution < -0.4 is 5.32 Å². The molecule has 15 heavy (non-hydrogen) atoms. The topological polar surface area (TPSA) is 35.8 Å². The van der Waals surface area contributed by atoms with Crippen LogP contribution in [-0.4, -0.2) is 13.2 Å². The Hall–Kier alpha value is -1.54. The molecule has 0 spiro atoms. The van der Waals surface area contributed by atoms with E-state index in [1.54, 1.807) is 6.07 Å². The number of halogens is 3. The maximum atomic E-state index is 12.5. The van der Waals surface area contributed by atoms with E-state index in [4.69, 9.17) is 5.26 Å². The van der Waals surface area contributed by atoms with Crippen molar-refractivity contribution in [3.8, 4) is 6.07 Å². The molecule has 0 heterocycles. The summed E-state index contributed by atoms with van der Waals surface area (Å²) in [5, 5.41) is 10.7. The summed E-state index contributed by atoms with van der Waals surface area (Å²) < 4.78 is 37.5. The van der Waals surface area contributed by atoms with E-state index < -0.39 is 12.2 Å². The zero-order valence-electron chi connectivity index (χ0n) is 7.97. The fourth-order valence-electron chi connectivity index (χ4n) is 1.31. The largest absolute Gasteiger partial charge is 0.407 e. The lowest BCUT2D eigenvalue weighted by molar-refractivity contribution is -0.156. The van der Waals surface area contributed by atoms with Gasteiger partial charge in [-0.3, -0.25) is 0 Å². The number of nitriles is 1. The molecule has 0 bridgehead atoms. The van der Waals surface area contributed by atoms with Gasteiger partial charge in [-0.2, -0.15) is 18.4 Å². The lowest BCUT2D eigenvalue weighted by Gasteiger charge is -2.19.